The highest BCUT2D eigenvalue weighted by Gasteiger charge is 2.33. The van der Waals surface area contributed by atoms with E-state index in [1.165, 1.54) is 6.07 Å². The fraction of sp³-hybridized carbons (Fsp3) is 0.471. The van der Waals surface area contributed by atoms with Crippen LogP contribution in [0, 0.1) is 0 Å². The summed E-state index contributed by atoms with van der Waals surface area (Å²) in [5.74, 6) is -1.90. The van der Waals surface area contributed by atoms with E-state index >= 15 is 0 Å². The Labute approximate surface area is 149 Å². The van der Waals surface area contributed by atoms with Crippen molar-refractivity contribution in [2.45, 2.75) is 39.4 Å². The lowest BCUT2D eigenvalue weighted by Crippen LogP contribution is -2.50. The Morgan fingerprint density at radius 1 is 1.23 bits per heavy atom. The van der Waals surface area contributed by atoms with Gasteiger partial charge in [0.1, 0.15) is 12.6 Å². The third kappa shape index (κ3) is 5.75. The molecule has 0 heterocycles. The molecule has 0 bridgehead atoms. The smallest absolute Gasteiger partial charge is 0.416 e. The zero-order chi connectivity index (χ0) is 19.9. The van der Waals surface area contributed by atoms with Gasteiger partial charge in [0.2, 0.25) is 11.8 Å². The number of hydrogen-bond acceptors (Lipinski definition) is 4. The van der Waals surface area contributed by atoms with E-state index in [1.807, 2.05) is 0 Å². The molecule has 1 aromatic carbocycles. The predicted octanol–water partition coefficient (Wildman–Crippen LogP) is 2.52. The Hall–Kier alpha value is -2.58. The van der Waals surface area contributed by atoms with Gasteiger partial charge in [-0.3, -0.25) is 14.4 Å². The lowest BCUT2D eigenvalue weighted by Gasteiger charge is -2.29. The first-order chi connectivity index (χ1) is 12.1. The van der Waals surface area contributed by atoms with Crippen molar-refractivity contribution in [3.8, 4) is 0 Å². The first-order valence-electron chi connectivity index (χ1n) is 8.02. The van der Waals surface area contributed by atoms with Crippen LogP contribution in [0.2, 0.25) is 0 Å². The summed E-state index contributed by atoms with van der Waals surface area (Å²) in [5, 5.41) is 2.34. The SMILES string of the molecule is CCOC(=O)CNC(=O)C(CC)N(C(C)=O)c1cccc(C(F)(F)F)c1. The maximum Gasteiger partial charge on any atom is 0.416 e. The van der Waals surface area contributed by atoms with E-state index in [0.29, 0.717) is 0 Å². The highest BCUT2D eigenvalue weighted by Crippen LogP contribution is 2.32. The molecule has 1 atom stereocenters. The summed E-state index contributed by atoms with van der Waals surface area (Å²) < 4.78 is 43.5. The quantitative estimate of drug-likeness (QED) is 0.744. The molecule has 9 heteroatoms. The number of anilines is 1. The van der Waals surface area contributed by atoms with Crippen LogP contribution in [0.1, 0.15) is 32.8 Å². The van der Waals surface area contributed by atoms with Crippen molar-refractivity contribution in [1.82, 2.24) is 5.32 Å². The van der Waals surface area contributed by atoms with Crippen LogP contribution in [0.4, 0.5) is 18.9 Å². The van der Waals surface area contributed by atoms with E-state index < -0.39 is 42.1 Å². The first kappa shape index (κ1) is 21.5. The largest absolute Gasteiger partial charge is 0.465 e. The molecule has 144 valence electrons. The van der Waals surface area contributed by atoms with Gasteiger partial charge in [0.05, 0.1) is 12.2 Å². The minimum Gasteiger partial charge on any atom is -0.465 e. The van der Waals surface area contributed by atoms with Crippen molar-refractivity contribution in [2.24, 2.45) is 0 Å². The highest BCUT2D eigenvalue weighted by atomic mass is 19.4. The maximum absolute atomic E-state index is 12.9. The van der Waals surface area contributed by atoms with Gasteiger partial charge in [0.15, 0.2) is 0 Å². The number of halogens is 3. The van der Waals surface area contributed by atoms with Crippen LogP contribution < -0.4 is 10.2 Å². The van der Waals surface area contributed by atoms with E-state index in [2.05, 4.69) is 5.32 Å². The lowest BCUT2D eigenvalue weighted by atomic mass is 10.1. The van der Waals surface area contributed by atoms with Crippen molar-refractivity contribution < 1.29 is 32.3 Å². The molecule has 0 aliphatic rings. The molecule has 26 heavy (non-hydrogen) atoms. The molecule has 0 saturated heterocycles. The van der Waals surface area contributed by atoms with Crippen LogP contribution >= 0.6 is 0 Å². The van der Waals surface area contributed by atoms with E-state index in [0.717, 1.165) is 30.0 Å². The van der Waals surface area contributed by atoms with Gasteiger partial charge in [-0.2, -0.15) is 13.2 Å². The zero-order valence-corrected chi connectivity index (χ0v) is 14.7. The van der Waals surface area contributed by atoms with Crippen molar-refractivity contribution in [3.63, 3.8) is 0 Å². The van der Waals surface area contributed by atoms with Crippen LogP contribution in [-0.4, -0.2) is 37.0 Å². The molecule has 0 spiro atoms. The van der Waals surface area contributed by atoms with Crippen LogP contribution in [0.15, 0.2) is 24.3 Å². The summed E-state index contributed by atoms with van der Waals surface area (Å²) in [5.41, 5.74) is -0.978. The number of alkyl halides is 3. The van der Waals surface area contributed by atoms with Crippen LogP contribution in [0.25, 0.3) is 0 Å². The number of ether oxygens (including phenoxy) is 1. The Morgan fingerprint density at radius 2 is 1.88 bits per heavy atom. The highest BCUT2D eigenvalue weighted by molar-refractivity contribution is 6.00. The molecule has 2 amide bonds. The van der Waals surface area contributed by atoms with Gasteiger partial charge in [0.25, 0.3) is 0 Å². The fourth-order valence-electron chi connectivity index (χ4n) is 2.39. The number of rotatable bonds is 7. The first-order valence-corrected chi connectivity index (χ1v) is 8.02. The third-order valence-corrected chi connectivity index (χ3v) is 3.50. The number of nitrogens with one attached hydrogen (secondary N) is 1. The molecule has 0 aliphatic carbocycles. The molecule has 6 nitrogen and oxygen atoms in total. The number of benzene rings is 1. The molecule has 1 unspecified atom stereocenters. The summed E-state index contributed by atoms with van der Waals surface area (Å²) in [6, 6.07) is 3.10. The molecule has 1 rings (SSSR count). The van der Waals surface area contributed by atoms with Gasteiger partial charge in [-0.25, -0.2) is 0 Å². The van der Waals surface area contributed by atoms with Crippen molar-refractivity contribution in [1.29, 1.82) is 0 Å². The molecule has 0 radical (unpaired) electrons. The van der Waals surface area contributed by atoms with Crippen LogP contribution in [0.5, 0.6) is 0 Å². The van der Waals surface area contributed by atoms with Gasteiger partial charge >= 0.3 is 12.1 Å². The number of nitrogens with zero attached hydrogens (tertiary/aromatic N) is 1. The number of hydrogen-bond donors (Lipinski definition) is 1. The normalized spacial score (nSPS) is 12.2. The van der Waals surface area contributed by atoms with Crippen LogP contribution in [0.3, 0.4) is 0 Å². The van der Waals surface area contributed by atoms with Crippen molar-refractivity contribution in [2.75, 3.05) is 18.1 Å². The number of esters is 1. The Kier molecular flexibility index (Phi) is 7.60. The lowest BCUT2D eigenvalue weighted by molar-refractivity contribution is -0.143. The zero-order valence-electron chi connectivity index (χ0n) is 14.7. The number of amides is 2. The monoisotopic (exact) mass is 374 g/mol. The third-order valence-electron chi connectivity index (χ3n) is 3.50. The second-order valence-electron chi connectivity index (χ2n) is 5.38. The van der Waals surface area contributed by atoms with E-state index in [1.54, 1.807) is 13.8 Å². The van der Waals surface area contributed by atoms with Gasteiger partial charge in [-0.05, 0) is 31.5 Å². The average Bonchev–Trinajstić information content (AvgIpc) is 2.56. The van der Waals surface area contributed by atoms with Crippen molar-refractivity contribution in [3.05, 3.63) is 29.8 Å². The topological polar surface area (TPSA) is 75.7 Å². The summed E-state index contributed by atoms with van der Waals surface area (Å²) in [6.45, 7) is 4.13. The summed E-state index contributed by atoms with van der Waals surface area (Å²) >= 11 is 0. The molecular formula is C17H21F3N2O4. The van der Waals surface area contributed by atoms with E-state index in [4.69, 9.17) is 4.74 Å². The van der Waals surface area contributed by atoms with E-state index in [-0.39, 0.29) is 18.7 Å². The molecular weight excluding hydrogens is 353 g/mol. The Balaban J connectivity index is 3.08. The van der Waals surface area contributed by atoms with Crippen LogP contribution in [-0.2, 0) is 25.3 Å². The molecule has 1 N–H and O–H groups in total. The Bertz CT molecular complexity index is 662. The standard InChI is InChI=1S/C17H21F3N2O4/c1-4-14(16(25)21-10-15(24)26-5-2)22(11(3)23)13-8-6-7-12(9-13)17(18,19)20/h6-9,14H,4-5,10H2,1-3H3,(H,21,25). The summed E-state index contributed by atoms with van der Waals surface area (Å²) in [4.78, 5) is 36.7. The van der Waals surface area contributed by atoms with Gasteiger partial charge in [-0.1, -0.05) is 13.0 Å². The molecule has 0 aromatic heterocycles. The average molecular weight is 374 g/mol. The minimum absolute atomic E-state index is 0.0505. The molecule has 0 aliphatic heterocycles. The molecule has 0 saturated carbocycles. The van der Waals surface area contributed by atoms with Gasteiger partial charge in [0, 0.05) is 12.6 Å². The predicted molar refractivity (Wildman–Crippen MR) is 88.3 cm³/mol. The molecule has 0 fully saturated rings. The maximum atomic E-state index is 12.9. The van der Waals surface area contributed by atoms with Gasteiger partial charge < -0.3 is 15.0 Å². The van der Waals surface area contributed by atoms with E-state index in [9.17, 15) is 27.6 Å². The van der Waals surface area contributed by atoms with Gasteiger partial charge in [-0.15, -0.1) is 0 Å². The second kappa shape index (κ2) is 9.21. The molecule has 1 aromatic rings. The second-order valence-corrected chi connectivity index (χ2v) is 5.38. The number of carbonyl (C=O) groups is 3. The summed E-state index contributed by atoms with van der Waals surface area (Å²) in [6.07, 6.45) is -4.43. The Morgan fingerprint density at radius 3 is 2.38 bits per heavy atom. The minimum atomic E-state index is -4.58. The number of carbonyl (C=O) groups excluding carboxylic acids is 3. The fourth-order valence-corrected chi connectivity index (χ4v) is 2.39. The summed E-state index contributed by atoms with van der Waals surface area (Å²) in [7, 11) is 0. The van der Waals surface area contributed by atoms with Crippen molar-refractivity contribution >= 4 is 23.5 Å².